The van der Waals surface area contributed by atoms with Crippen molar-refractivity contribution in [2.24, 2.45) is 17.6 Å². The highest BCUT2D eigenvalue weighted by atomic mass is 19.1. The van der Waals surface area contributed by atoms with Crippen LogP contribution in [0.2, 0.25) is 0 Å². The number of carboxylic acids is 1. The number of carbonyl (C=O) groups is 1. The molecule has 6 nitrogen and oxygen atoms in total. The van der Waals surface area contributed by atoms with Crippen LogP contribution in [0.1, 0.15) is 54.9 Å². The lowest BCUT2D eigenvalue weighted by atomic mass is 9.88. The first kappa shape index (κ1) is 19.5. The van der Waals surface area contributed by atoms with Crippen molar-refractivity contribution in [2.75, 3.05) is 18.0 Å². The first-order chi connectivity index (χ1) is 14.4. The topological polar surface area (TPSA) is 88.6 Å². The number of hydrogen-bond acceptors (Lipinski definition) is 4. The summed E-state index contributed by atoms with van der Waals surface area (Å²) in [6.45, 7) is 1.03. The quantitative estimate of drug-likeness (QED) is 0.800. The molecule has 1 aromatic carbocycles. The first-order valence-electron chi connectivity index (χ1n) is 10.7. The molecule has 3 aliphatic rings. The van der Waals surface area contributed by atoms with Crippen LogP contribution in [0.25, 0.3) is 10.9 Å². The molecule has 2 aliphatic carbocycles. The maximum atomic E-state index is 15.8. The minimum Gasteiger partial charge on any atom is -0.477 e. The van der Waals surface area contributed by atoms with E-state index in [1.54, 1.807) is 4.90 Å². The van der Waals surface area contributed by atoms with Gasteiger partial charge in [-0.1, -0.05) is 12.8 Å². The molecule has 2 heterocycles. The van der Waals surface area contributed by atoms with Crippen molar-refractivity contribution >= 4 is 22.6 Å². The summed E-state index contributed by atoms with van der Waals surface area (Å²) < 4.78 is 32.4. The average molecular weight is 417 g/mol. The second-order valence-electron chi connectivity index (χ2n) is 9.01. The third-order valence-electron chi connectivity index (χ3n) is 7.07. The molecule has 0 radical (unpaired) electrons. The summed E-state index contributed by atoms with van der Waals surface area (Å²) in [4.78, 5) is 25.9. The van der Waals surface area contributed by atoms with E-state index in [9.17, 15) is 14.7 Å². The van der Waals surface area contributed by atoms with E-state index in [0.29, 0.717) is 19.0 Å². The Morgan fingerprint density at radius 2 is 1.87 bits per heavy atom. The lowest BCUT2D eigenvalue weighted by Gasteiger charge is -2.24. The highest BCUT2D eigenvalue weighted by molar-refractivity contribution is 5.94. The third-order valence-corrected chi connectivity index (χ3v) is 7.07. The number of pyridine rings is 1. The van der Waals surface area contributed by atoms with Gasteiger partial charge in [0, 0.05) is 31.4 Å². The van der Waals surface area contributed by atoms with Gasteiger partial charge in [-0.05, 0) is 43.6 Å². The fourth-order valence-corrected chi connectivity index (χ4v) is 5.38. The zero-order chi connectivity index (χ0) is 21.2. The van der Waals surface area contributed by atoms with Crippen molar-refractivity contribution in [2.45, 2.75) is 50.6 Å². The molecule has 2 aromatic rings. The molecule has 3 N–H and O–H groups in total. The lowest BCUT2D eigenvalue weighted by Crippen LogP contribution is -2.34. The van der Waals surface area contributed by atoms with Crippen LogP contribution in [0.3, 0.4) is 0 Å². The zero-order valence-electron chi connectivity index (χ0n) is 16.6. The highest BCUT2D eigenvalue weighted by Crippen LogP contribution is 2.42. The summed E-state index contributed by atoms with van der Waals surface area (Å²) in [5.41, 5.74) is 4.91. The predicted molar refractivity (Wildman–Crippen MR) is 109 cm³/mol. The molecule has 0 amide bonds. The molecular weight excluding hydrogens is 392 g/mol. The Labute approximate surface area is 172 Å². The zero-order valence-corrected chi connectivity index (χ0v) is 16.6. The van der Waals surface area contributed by atoms with Crippen LogP contribution < -0.4 is 16.1 Å². The molecule has 30 heavy (non-hydrogen) atoms. The van der Waals surface area contributed by atoms with Gasteiger partial charge in [0.2, 0.25) is 5.43 Å². The third kappa shape index (κ3) is 3.00. The number of aromatic nitrogens is 1. The van der Waals surface area contributed by atoms with Crippen molar-refractivity contribution in [3.63, 3.8) is 0 Å². The number of aromatic carboxylic acids is 1. The monoisotopic (exact) mass is 417 g/mol. The maximum Gasteiger partial charge on any atom is 0.341 e. The van der Waals surface area contributed by atoms with Crippen LogP contribution in [0.5, 0.6) is 0 Å². The van der Waals surface area contributed by atoms with Crippen LogP contribution in [0.4, 0.5) is 14.5 Å². The second-order valence-corrected chi connectivity index (χ2v) is 9.01. The summed E-state index contributed by atoms with van der Waals surface area (Å²) in [5, 5.41) is 9.15. The largest absolute Gasteiger partial charge is 0.477 e. The maximum absolute atomic E-state index is 15.8. The van der Waals surface area contributed by atoms with Gasteiger partial charge in [0.15, 0.2) is 5.82 Å². The molecule has 1 saturated heterocycles. The minimum absolute atomic E-state index is 0.000271. The smallest absolute Gasteiger partial charge is 0.341 e. The minimum atomic E-state index is -1.39. The van der Waals surface area contributed by atoms with Crippen LogP contribution in [0, 0.1) is 23.5 Å². The van der Waals surface area contributed by atoms with Crippen molar-refractivity contribution in [3.05, 3.63) is 39.7 Å². The number of carboxylic acid groups (broad SMARTS) is 1. The number of nitrogens with two attached hydrogens (primary N) is 1. The van der Waals surface area contributed by atoms with Gasteiger partial charge in [-0.25, -0.2) is 13.6 Å². The fraction of sp³-hybridized carbons (Fsp3) is 0.545. The molecule has 3 fully saturated rings. The summed E-state index contributed by atoms with van der Waals surface area (Å²) in [6.07, 6.45) is 6.84. The standard InChI is InChI=1S/C22H25F2N3O3/c23-16-7-13-19(27(12-5-6-12)10-15(21(13)28)22(29)30)18(24)20(16)26-8-11-3-1-2-4-17(25)14(11)9-26/h7,10-12,14,17H,1-6,8-9,25H2,(H,29,30)/t11-,14+,17+/m1/s1. The molecule has 1 aliphatic heterocycles. The molecule has 0 spiro atoms. The number of hydrogen-bond donors (Lipinski definition) is 2. The van der Waals surface area contributed by atoms with Gasteiger partial charge in [-0.15, -0.1) is 0 Å². The molecule has 160 valence electrons. The average Bonchev–Trinajstić information content (AvgIpc) is 3.48. The number of benzene rings is 1. The van der Waals surface area contributed by atoms with Crippen molar-refractivity contribution < 1.29 is 18.7 Å². The number of rotatable bonds is 3. The Morgan fingerprint density at radius 1 is 1.13 bits per heavy atom. The van der Waals surface area contributed by atoms with Gasteiger partial charge in [0.1, 0.15) is 17.1 Å². The van der Waals surface area contributed by atoms with Gasteiger partial charge in [-0.3, -0.25) is 4.79 Å². The summed E-state index contributed by atoms with van der Waals surface area (Å²) in [6, 6.07) is 0.962. The molecule has 5 rings (SSSR count). The van der Waals surface area contributed by atoms with Crippen LogP contribution in [0.15, 0.2) is 17.1 Å². The summed E-state index contributed by atoms with van der Waals surface area (Å²) >= 11 is 0. The van der Waals surface area contributed by atoms with Crippen molar-refractivity contribution in [3.8, 4) is 0 Å². The molecule has 3 atom stereocenters. The number of halogens is 2. The second kappa shape index (κ2) is 7.04. The Kier molecular flexibility index (Phi) is 4.57. The highest BCUT2D eigenvalue weighted by Gasteiger charge is 2.40. The molecule has 2 saturated carbocycles. The molecule has 1 aromatic heterocycles. The lowest BCUT2D eigenvalue weighted by molar-refractivity contribution is 0.0694. The van der Waals surface area contributed by atoms with E-state index >= 15 is 8.78 Å². The summed E-state index contributed by atoms with van der Waals surface area (Å²) in [7, 11) is 0. The van der Waals surface area contributed by atoms with Gasteiger partial charge in [0.25, 0.3) is 0 Å². The van der Waals surface area contributed by atoms with Crippen molar-refractivity contribution in [1.82, 2.24) is 4.57 Å². The van der Waals surface area contributed by atoms with Crippen LogP contribution in [-0.2, 0) is 0 Å². The molecule has 8 heteroatoms. The number of anilines is 1. The van der Waals surface area contributed by atoms with Gasteiger partial charge >= 0.3 is 5.97 Å². The van der Waals surface area contributed by atoms with E-state index in [0.717, 1.165) is 44.6 Å². The fourth-order valence-electron chi connectivity index (χ4n) is 5.38. The van der Waals surface area contributed by atoms with E-state index in [1.807, 2.05) is 0 Å². The Bertz CT molecular complexity index is 1100. The first-order valence-corrected chi connectivity index (χ1v) is 10.7. The molecule has 0 bridgehead atoms. The van der Waals surface area contributed by atoms with Crippen LogP contribution in [-0.4, -0.2) is 34.8 Å². The Morgan fingerprint density at radius 3 is 2.57 bits per heavy atom. The predicted octanol–water partition coefficient (Wildman–Crippen LogP) is 3.27. The molecular formula is C22H25F2N3O3. The van der Waals surface area contributed by atoms with E-state index in [4.69, 9.17) is 5.73 Å². The van der Waals surface area contributed by atoms with E-state index in [1.165, 1.54) is 10.8 Å². The van der Waals surface area contributed by atoms with Gasteiger partial charge < -0.3 is 20.3 Å². The Balaban J connectivity index is 1.66. The Hall–Kier alpha value is -2.48. The normalized spacial score (nSPS) is 26.6. The van der Waals surface area contributed by atoms with Gasteiger partial charge in [0.05, 0.1) is 10.9 Å². The molecule has 0 unspecified atom stereocenters. The van der Waals surface area contributed by atoms with E-state index < -0.39 is 28.6 Å². The van der Waals surface area contributed by atoms with E-state index in [-0.39, 0.29) is 34.6 Å². The van der Waals surface area contributed by atoms with Crippen molar-refractivity contribution in [1.29, 1.82) is 0 Å². The van der Waals surface area contributed by atoms with Crippen LogP contribution >= 0.6 is 0 Å². The summed E-state index contributed by atoms with van der Waals surface area (Å²) in [5.74, 6) is -2.50. The van der Waals surface area contributed by atoms with Gasteiger partial charge in [-0.2, -0.15) is 0 Å². The SMILES string of the molecule is N[C@H]1CCCC[C@@H]2CN(c3c(F)cc4c(=O)c(C(=O)O)cn(C5CC5)c4c3F)C[C@@H]21. The van der Waals surface area contributed by atoms with E-state index in [2.05, 4.69) is 0 Å². The number of nitrogens with zero attached hydrogens (tertiary/aromatic N) is 2. The number of fused-ring (bicyclic) bond motifs is 2.